The standard InChI is InChI=1S/C11H18N2O/c1-11(2,3)6-10(14)13-8-9-4-5-12-7-9/h5,7H,4,6,8H2,1-3H3,(H,13,14). The molecule has 0 aromatic heterocycles. The second-order valence-electron chi connectivity index (χ2n) is 4.84. The van der Waals surface area contributed by atoms with Crippen molar-refractivity contribution < 1.29 is 4.79 Å². The van der Waals surface area contributed by atoms with Gasteiger partial charge >= 0.3 is 0 Å². The Bertz CT molecular complexity index is 272. The summed E-state index contributed by atoms with van der Waals surface area (Å²) in [4.78, 5) is 15.4. The van der Waals surface area contributed by atoms with Crippen LogP contribution in [0.3, 0.4) is 0 Å². The first-order valence-electron chi connectivity index (χ1n) is 4.94. The number of aliphatic imine (C=N–C) groups is 1. The van der Waals surface area contributed by atoms with Crippen LogP contribution < -0.4 is 5.32 Å². The summed E-state index contributed by atoms with van der Waals surface area (Å²) in [6.07, 6.45) is 5.11. The van der Waals surface area contributed by atoms with Gasteiger partial charge in [0.05, 0.1) is 0 Å². The van der Waals surface area contributed by atoms with Crippen molar-refractivity contribution in [2.24, 2.45) is 10.4 Å². The van der Waals surface area contributed by atoms with Crippen molar-refractivity contribution in [3.63, 3.8) is 0 Å². The van der Waals surface area contributed by atoms with Crippen LogP contribution in [0.15, 0.2) is 16.8 Å². The maximum absolute atomic E-state index is 11.4. The molecule has 0 spiro atoms. The normalized spacial score (nSPS) is 15.5. The number of rotatable bonds is 3. The monoisotopic (exact) mass is 194 g/mol. The molecule has 1 amide bonds. The predicted octanol–water partition coefficient (Wildman–Crippen LogP) is 1.90. The lowest BCUT2D eigenvalue weighted by Crippen LogP contribution is -2.29. The Kier molecular flexibility index (Phi) is 3.44. The van der Waals surface area contributed by atoms with Gasteiger partial charge in [-0.05, 0) is 11.0 Å². The number of hydrogen-bond donors (Lipinski definition) is 1. The van der Waals surface area contributed by atoms with E-state index < -0.39 is 0 Å². The number of hydrogen-bond acceptors (Lipinski definition) is 2. The third kappa shape index (κ3) is 4.21. The van der Waals surface area contributed by atoms with Crippen molar-refractivity contribution in [2.45, 2.75) is 33.6 Å². The summed E-state index contributed by atoms with van der Waals surface area (Å²) in [7, 11) is 0. The topological polar surface area (TPSA) is 41.5 Å². The molecule has 1 aliphatic heterocycles. The molecule has 0 aliphatic carbocycles. The first-order chi connectivity index (χ1) is 6.47. The van der Waals surface area contributed by atoms with Gasteiger partial charge in [0.1, 0.15) is 0 Å². The molecule has 0 unspecified atom stereocenters. The molecule has 0 aromatic rings. The Morgan fingerprint density at radius 1 is 1.57 bits per heavy atom. The van der Waals surface area contributed by atoms with Gasteiger partial charge in [0.15, 0.2) is 0 Å². The van der Waals surface area contributed by atoms with Crippen LogP contribution in [0.5, 0.6) is 0 Å². The molecule has 0 atom stereocenters. The average Bonchev–Trinajstić information content (AvgIpc) is 2.49. The molecule has 3 heteroatoms. The van der Waals surface area contributed by atoms with E-state index in [-0.39, 0.29) is 11.3 Å². The highest BCUT2D eigenvalue weighted by Crippen LogP contribution is 2.17. The van der Waals surface area contributed by atoms with Gasteiger partial charge in [0.2, 0.25) is 5.91 Å². The van der Waals surface area contributed by atoms with E-state index in [2.05, 4.69) is 31.1 Å². The molecule has 14 heavy (non-hydrogen) atoms. The van der Waals surface area contributed by atoms with E-state index in [9.17, 15) is 4.79 Å². The lowest BCUT2D eigenvalue weighted by Gasteiger charge is -2.17. The summed E-state index contributed by atoms with van der Waals surface area (Å²) in [5, 5.41) is 2.89. The van der Waals surface area contributed by atoms with Gasteiger partial charge in [0, 0.05) is 31.8 Å². The van der Waals surface area contributed by atoms with Crippen molar-refractivity contribution in [2.75, 3.05) is 6.54 Å². The highest BCUT2D eigenvalue weighted by molar-refractivity contribution is 5.77. The molecule has 0 aromatic carbocycles. The van der Waals surface area contributed by atoms with Gasteiger partial charge in [-0.2, -0.15) is 0 Å². The van der Waals surface area contributed by atoms with Crippen molar-refractivity contribution in [1.82, 2.24) is 5.32 Å². The Morgan fingerprint density at radius 2 is 2.29 bits per heavy atom. The maximum atomic E-state index is 11.4. The second-order valence-corrected chi connectivity index (χ2v) is 4.84. The molecule has 1 rings (SSSR count). The van der Waals surface area contributed by atoms with E-state index in [1.807, 2.05) is 12.4 Å². The lowest BCUT2D eigenvalue weighted by molar-refractivity contribution is -0.122. The van der Waals surface area contributed by atoms with Crippen LogP contribution in [0.25, 0.3) is 0 Å². The number of amides is 1. The zero-order valence-corrected chi connectivity index (χ0v) is 9.13. The van der Waals surface area contributed by atoms with Crippen molar-refractivity contribution >= 4 is 12.1 Å². The van der Waals surface area contributed by atoms with Crippen LogP contribution >= 0.6 is 0 Å². The van der Waals surface area contributed by atoms with E-state index in [4.69, 9.17) is 0 Å². The number of nitrogens with zero attached hydrogens (tertiary/aromatic N) is 1. The van der Waals surface area contributed by atoms with Gasteiger partial charge in [-0.25, -0.2) is 0 Å². The SMILES string of the molecule is CC(C)(C)CC(=O)NCC1=CN=CC1. The van der Waals surface area contributed by atoms with Crippen LogP contribution in [-0.2, 0) is 4.79 Å². The Balaban J connectivity index is 2.22. The molecule has 1 heterocycles. The zero-order chi connectivity index (χ0) is 10.6. The molecule has 0 saturated heterocycles. The van der Waals surface area contributed by atoms with Crippen molar-refractivity contribution in [3.8, 4) is 0 Å². The molecule has 0 saturated carbocycles. The summed E-state index contributed by atoms with van der Waals surface area (Å²) >= 11 is 0. The van der Waals surface area contributed by atoms with E-state index in [1.165, 1.54) is 5.57 Å². The first kappa shape index (κ1) is 11.0. The number of carbonyl (C=O) groups excluding carboxylic acids is 1. The lowest BCUT2D eigenvalue weighted by atomic mass is 9.92. The van der Waals surface area contributed by atoms with E-state index in [0.717, 1.165) is 6.42 Å². The van der Waals surface area contributed by atoms with Crippen LogP contribution in [0.2, 0.25) is 0 Å². The summed E-state index contributed by atoms with van der Waals surface area (Å²) in [6.45, 7) is 6.81. The summed E-state index contributed by atoms with van der Waals surface area (Å²) < 4.78 is 0. The van der Waals surface area contributed by atoms with Crippen LogP contribution in [0.1, 0.15) is 33.6 Å². The third-order valence-electron chi connectivity index (χ3n) is 1.92. The largest absolute Gasteiger partial charge is 0.352 e. The Hall–Kier alpha value is -1.12. The Morgan fingerprint density at radius 3 is 2.79 bits per heavy atom. The van der Waals surface area contributed by atoms with Crippen molar-refractivity contribution in [1.29, 1.82) is 0 Å². The van der Waals surface area contributed by atoms with Gasteiger partial charge in [-0.1, -0.05) is 20.8 Å². The minimum atomic E-state index is 0.0602. The first-order valence-corrected chi connectivity index (χ1v) is 4.94. The molecule has 0 radical (unpaired) electrons. The molecule has 1 N–H and O–H groups in total. The summed E-state index contributed by atoms with van der Waals surface area (Å²) in [6, 6.07) is 0. The minimum absolute atomic E-state index is 0.0602. The molecular formula is C11H18N2O. The maximum Gasteiger partial charge on any atom is 0.220 e. The number of carbonyl (C=O) groups is 1. The van der Waals surface area contributed by atoms with Gasteiger partial charge in [0.25, 0.3) is 0 Å². The highest BCUT2D eigenvalue weighted by Gasteiger charge is 2.15. The zero-order valence-electron chi connectivity index (χ0n) is 9.13. The van der Waals surface area contributed by atoms with Crippen LogP contribution in [0.4, 0.5) is 0 Å². The van der Waals surface area contributed by atoms with Gasteiger partial charge in [-0.15, -0.1) is 0 Å². The minimum Gasteiger partial charge on any atom is -0.352 e. The van der Waals surface area contributed by atoms with E-state index in [0.29, 0.717) is 13.0 Å². The van der Waals surface area contributed by atoms with Gasteiger partial charge < -0.3 is 5.32 Å². The smallest absolute Gasteiger partial charge is 0.220 e. The molecule has 0 fully saturated rings. The molecular weight excluding hydrogens is 176 g/mol. The average molecular weight is 194 g/mol. The fraction of sp³-hybridized carbons (Fsp3) is 0.636. The van der Waals surface area contributed by atoms with E-state index >= 15 is 0 Å². The molecule has 1 aliphatic rings. The number of nitrogens with one attached hydrogen (secondary N) is 1. The summed E-state index contributed by atoms with van der Waals surface area (Å²) in [5.74, 6) is 0.116. The van der Waals surface area contributed by atoms with E-state index in [1.54, 1.807) is 0 Å². The fourth-order valence-electron chi connectivity index (χ4n) is 1.25. The van der Waals surface area contributed by atoms with Crippen molar-refractivity contribution in [3.05, 3.63) is 11.8 Å². The summed E-state index contributed by atoms with van der Waals surface area (Å²) in [5.41, 5.74) is 1.23. The quantitative estimate of drug-likeness (QED) is 0.732. The third-order valence-corrected chi connectivity index (χ3v) is 1.92. The molecule has 3 nitrogen and oxygen atoms in total. The molecule has 0 bridgehead atoms. The highest BCUT2D eigenvalue weighted by atomic mass is 16.1. The molecule has 78 valence electrons. The Labute approximate surface area is 85.3 Å². The second kappa shape index (κ2) is 4.40. The van der Waals surface area contributed by atoms with Crippen LogP contribution in [-0.4, -0.2) is 18.7 Å². The predicted molar refractivity (Wildman–Crippen MR) is 58.3 cm³/mol. The van der Waals surface area contributed by atoms with Crippen LogP contribution in [0, 0.1) is 5.41 Å². The van der Waals surface area contributed by atoms with Gasteiger partial charge in [-0.3, -0.25) is 9.79 Å². The fourth-order valence-corrected chi connectivity index (χ4v) is 1.25.